The highest BCUT2D eigenvalue weighted by Gasteiger charge is 2.62. The number of hydrogen-bond acceptors (Lipinski definition) is 4. The Balaban J connectivity index is 2.08. The third-order valence-electron chi connectivity index (χ3n) is 5.26. The van der Waals surface area contributed by atoms with Crippen LogP contribution < -0.4 is 15.8 Å². The summed E-state index contributed by atoms with van der Waals surface area (Å²) in [5.41, 5.74) is 6.10. The predicted molar refractivity (Wildman–Crippen MR) is 98.0 cm³/mol. The first kappa shape index (κ1) is 19.2. The van der Waals surface area contributed by atoms with Gasteiger partial charge in [-0.1, -0.05) is 19.9 Å². The van der Waals surface area contributed by atoms with Gasteiger partial charge in [0.2, 0.25) is 5.91 Å². The number of ether oxygens (including phenoxy) is 2. The first-order chi connectivity index (χ1) is 11.2. The fraction of sp³-hybridized carbons (Fsp3) is 0.611. The highest BCUT2D eigenvalue weighted by molar-refractivity contribution is 9.10. The van der Waals surface area contributed by atoms with Crippen molar-refractivity contribution < 1.29 is 14.3 Å². The van der Waals surface area contributed by atoms with Crippen molar-refractivity contribution in [3.63, 3.8) is 0 Å². The molecule has 0 heterocycles. The van der Waals surface area contributed by atoms with Gasteiger partial charge in [0.05, 0.1) is 23.7 Å². The molecule has 5 nitrogen and oxygen atoms in total. The molecule has 1 saturated carbocycles. The minimum Gasteiger partial charge on any atom is -0.496 e. The van der Waals surface area contributed by atoms with Crippen LogP contribution in [0.25, 0.3) is 0 Å². The van der Waals surface area contributed by atoms with Gasteiger partial charge in [0.25, 0.3) is 0 Å². The summed E-state index contributed by atoms with van der Waals surface area (Å²) in [5.74, 6) is 0.621. The van der Waals surface area contributed by atoms with Gasteiger partial charge in [-0.2, -0.15) is 0 Å². The fourth-order valence-corrected chi connectivity index (χ4v) is 3.74. The van der Waals surface area contributed by atoms with Gasteiger partial charge >= 0.3 is 0 Å². The van der Waals surface area contributed by atoms with Gasteiger partial charge in [0.15, 0.2) is 0 Å². The quantitative estimate of drug-likeness (QED) is 0.771. The average molecular weight is 399 g/mol. The summed E-state index contributed by atoms with van der Waals surface area (Å²) in [6.07, 6.45) is 0.558. The van der Waals surface area contributed by atoms with Crippen LogP contribution in [0.2, 0.25) is 0 Å². The van der Waals surface area contributed by atoms with Gasteiger partial charge in [0.1, 0.15) is 11.3 Å². The molecule has 6 heteroatoms. The van der Waals surface area contributed by atoms with Gasteiger partial charge in [-0.05, 0) is 47.5 Å². The first-order valence-corrected chi connectivity index (χ1v) is 9.01. The molecule has 1 aliphatic rings. The van der Waals surface area contributed by atoms with Crippen molar-refractivity contribution in [2.75, 3.05) is 13.7 Å². The van der Waals surface area contributed by atoms with E-state index in [1.165, 1.54) is 0 Å². The lowest BCUT2D eigenvalue weighted by molar-refractivity contribution is -0.171. The largest absolute Gasteiger partial charge is 0.496 e. The van der Waals surface area contributed by atoms with Crippen molar-refractivity contribution in [1.29, 1.82) is 0 Å². The molecule has 0 aromatic heterocycles. The van der Waals surface area contributed by atoms with Crippen molar-refractivity contribution in [2.24, 2.45) is 11.1 Å². The number of amides is 1. The van der Waals surface area contributed by atoms with Gasteiger partial charge in [-0.15, -0.1) is 0 Å². The Hall–Kier alpha value is -1.11. The molecule has 3 atom stereocenters. The molecule has 1 amide bonds. The minimum atomic E-state index is -0.912. The maximum atomic E-state index is 12.8. The zero-order chi connectivity index (χ0) is 18.1. The number of carbonyl (C=O) groups excluding carboxylic acids is 1. The second-order valence-electron chi connectivity index (χ2n) is 6.93. The van der Waals surface area contributed by atoms with E-state index in [0.717, 1.165) is 15.8 Å². The summed E-state index contributed by atoms with van der Waals surface area (Å²) in [5, 5.41) is 3.04. The topological polar surface area (TPSA) is 73.6 Å². The van der Waals surface area contributed by atoms with Crippen LogP contribution in [-0.4, -0.2) is 31.3 Å². The SMILES string of the molecule is CCOC1CC(N)(C(=O)NC(C)c2ccc(OC)c(Br)c2)C1(C)C. The summed E-state index contributed by atoms with van der Waals surface area (Å²) in [4.78, 5) is 12.8. The van der Waals surface area contributed by atoms with Crippen LogP contribution in [0.3, 0.4) is 0 Å². The zero-order valence-corrected chi connectivity index (χ0v) is 16.6. The fourth-order valence-electron chi connectivity index (χ4n) is 3.18. The molecule has 1 aliphatic carbocycles. The van der Waals surface area contributed by atoms with E-state index in [1.807, 2.05) is 45.9 Å². The number of benzene rings is 1. The van der Waals surface area contributed by atoms with Crippen LogP contribution in [0.15, 0.2) is 22.7 Å². The second-order valence-corrected chi connectivity index (χ2v) is 7.78. The second kappa shape index (κ2) is 7.02. The zero-order valence-electron chi connectivity index (χ0n) is 15.0. The lowest BCUT2D eigenvalue weighted by atomic mass is 9.54. The average Bonchev–Trinajstić information content (AvgIpc) is 2.54. The van der Waals surface area contributed by atoms with Crippen LogP contribution in [0.5, 0.6) is 5.75 Å². The van der Waals surface area contributed by atoms with E-state index in [2.05, 4.69) is 21.2 Å². The maximum Gasteiger partial charge on any atom is 0.241 e. The third-order valence-corrected chi connectivity index (χ3v) is 5.88. The Morgan fingerprint density at radius 1 is 1.50 bits per heavy atom. The standard InChI is InChI=1S/C18H27BrN2O3/c1-6-24-15-10-18(20,17(15,3)4)16(22)21-11(2)12-7-8-14(23-5)13(19)9-12/h7-9,11,15H,6,10,20H2,1-5H3,(H,21,22). The van der Waals surface area contributed by atoms with E-state index >= 15 is 0 Å². The van der Waals surface area contributed by atoms with E-state index in [9.17, 15) is 4.79 Å². The Kier molecular flexibility index (Phi) is 5.62. The van der Waals surface area contributed by atoms with E-state index in [-0.39, 0.29) is 18.1 Å². The first-order valence-electron chi connectivity index (χ1n) is 8.22. The smallest absolute Gasteiger partial charge is 0.241 e. The molecule has 3 N–H and O–H groups in total. The molecular formula is C18H27BrN2O3. The Morgan fingerprint density at radius 2 is 2.17 bits per heavy atom. The third kappa shape index (κ3) is 3.19. The lowest BCUT2D eigenvalue weighted by Gasteiger charge is -2.57. The molecular weight excluding hydrogens is 372 g/mol. The summed E-state index contributed by atoms with van der Waals surface area (Å²) in [6, 6.07) is 5.61. The molecule has 0 bridgehead atoms. The molecule has 1 aromatic rings. The number of methoxy groups -OCH3 is 1. The summed E-state index contributed by atoms with van der Waals surface area (Å²) in [7, 11) is 1.62. The van der Waals surface area contributed by atoms with Crippen molar-refractivity contribution >= 4 is 21.8 Å². The molecule has 0 radical (unpaired) electrons. The molecule has 24 heavy (non-hydrogen) atoms. The molecule has 134 valence electrons. The van der Waals surface area contributed by atoms with Crippen molar-refractivity contribution in [3.05, 3.63) is 28.2 Å². The Bertz CT molecular complexity index is 620. The monoisotopic (exact) mass is 398 g/mol. The van der Waals surface area contributed by atoms with Gasteiger partial charge in [0, 0.05) is 18.4 Å². The molecule has 0 saturated heterocycles. The highest BCUT2D eigenvalue weighted by atomic mass is 79.9. The number of rotatable bonds is 6. The maximum absolute atomic E-state index is 12.8. The molecule has 2 rings (SSSR count). The number of carbonyl (C=O) groups is 1. The van der Waals surface area contributed by atoms with Crippen LogP contribution >= 0.6 is 15.9 Å². The van der Waals surface area contributed by atoms with E-state index in [0.29, 0.717) is 13.0 Å². The lowest BCUT2D eigenvalue weighted by Crippen LogP contribution is -2.75. The molecule has 1 aromatic carbocycles. The summed E-state index contributed by atoms with van der Waals surface area (Å²) >= 11 is 3.47. The Labute approximate surface area is 152 Å². The van der Waals surface area contributed by atoms with E-state index in [1.54, 1.807) is 7.11 Å². The number of halogens is 1. The number of nitrogens with two attached hydrogens (primary N) is 1. The van der Waals surface area contributed by atoms with Crippen molar-refractivity contribution in [3.8, 4) is 5.75 Å². The summed E-state index contributed by atoms with van der Waals surface area (Å²) < 4.78 is 11.8. The number of nitrogens with one attached hydrogen (secondary N) is 1. The predicted octanol–water partition coefficient (Wildman–Crippen LogP) is 3.17. The van der Waals surface area contributed by atoms with Gasteiger partial charge < -0.3 is 20.5 Å². The van der Waals surface area contributed by atoms with Crippen LogP contribution in [0.1, 0.15) is 45.7 Å². The van der Waals surface area contributed by atoms with Crippen LogP contribution in [0, 0.1) is 5.41 Å². The highest BCUT2D eigenvalue weighted by Crippen LogP contribution is 2.50. The van der Waals surface area contributed by atoms with Gasteiger partial charge in [-0.25, -0.2) is 0 Å². The molecule has 3 unspecified atom stereocenters. The minimum absolute atomic E-state index is 0.0173. The summed E-state index contributed by atoms with van der Waals surface area (Å²) in [6.45, 7) is 8.51. The molecule has 1 fully saturated rings. The van der Waals surface area contributed by atoms with Crippen LogP contribution in [0.4, 0.5) is 0 Å². The molecule has 0 spiro atoms. The van der Waals surface area contributed by atoms with Gasteiger partial charge in [-0.3, -0.25) is 4.79 Å². The number of hydrogen-bond donors (Lipinski definition) is 2. The Morgan fingerprint density at radius 3 is 2.67 bits per heavy atom. The van der Waals surface area contributed by atoms with Crippen LogP contribution in [-0.2, 0) is 9.53 Å². The van der Waals surface area contributed by atoms with Crippen molar-refractivity contribution in [2.45, 2.75) is 51.8 Å². The van der Waals surface area contributed by atoms with E-state index < -0.39 is 11.0 Å². The normalized spacial score (nSPS) is 26.4. The van der Waals surface area contributed by atoms with Crippen molar-refractivity contribution in [1.82, 2.24) is 5.32 Å². The van der Waals surface area contributed by atoms with E-state index in [4.69, 9.17) is 15.2 Å². The molecule has 0 aliphatic heterocycles.